The maximum absolute atomic E-state index is 14.6. The SMILES string of the molecule is COc1ccc(CN2C(=O)[C@@](F)(Br)[C@H]2c2ccc(C)cc2)cc1. The van der Waals surface area contributed by atoms with Crippen LogP contribution >= 0.6 is 15.9 Å². The van der Waals surface area contributed by atoms with Crippen LogP contribution in [0.15, 0.2) is 48.5 Å². The standard InChI is InChI=1S/C18H17BrFNO2/c1-12-3-7-14(8-4-12)16-18(19,20)17(22)21(16)11-13-5-9-15(23-2)10-6-13/h3-10,16H,11H2,1-2H3/t16-,18-/m1/s1. The van der Waals surface area contributed by atoms with Crippen LogP contribution in [0.2, 0.25) is 0 Å². The number of carbonyl (C=O) groups is 1. The summed E-state index contributed by atoms with van der Waals surface area (Å²) in [6.07, 6.45) is 0. The summed E-state index contributed by atoms with van der Waals surface area (Å²) in [4.78, 5) is 13.7. The molecule has 2 aromatic rings. The second-order valence-electron chi connectivity index (χ2n) is 5.72. The number of alkyl halides is 2. The molecule has 2 aromatic carbocycles. The molecule has 0 unspecified atom stereocenters. The van der Waals surface area contributed by atoms with Crippen molar-refractivity contribution in [2.45, 2.75) is 24.1 Å². The number of hydrogen-bond acceptors (Lipinski definition) is 2. The molecule has 120 valence electrons. The highest BCUT2D eigenvalue weighted by molar-refractivity contribution is 9.10. The van der Waals surface area contributed by atoms with Crippen LogP contribution in [0.25, 0.3) is 0 Å². The average molecular weight is 378 g/mol. The van der Waals surface area contributed by atoms with E-state index in [1.165, 1.54) is 0 Å². The summed E-state index contributed by atoms with van der Waals surface area (Å²) in [7, 11) is 1.60. The Labute approximate surface area is 143 Å². The third-order valence-electron chi connectivity index (χ3n) is 4.11. The Morgan fingerprint density at radius 2 is 1.78 bits per heavy atom. The Kier molecular flexibility index (Phi) is 4.15. The minimum atomic E-state index is -2.03. The Hall–Kier alpha value is -1.88. The minimum Gasteiger partial charge on any atom is -0.497 e. The number of amides is 1. The molecule has 5 heteroatoms. The Balaban J connectivity index is 1.84. The van der Waals surface area contributed by atoms with E-state index in [9.17, 15) is 9.18 Å². The number of halogens is 2. The number of rotatable bonds is 4. The first-order valence-corrected chi connectivity index (χ1v) is 8.11. The fourth-order valence-electron chi connectivity index (χ4n) is 2.78. The molecule has 1 aliphatic heterocycles. The topological polar surface area (TPSA) is 29.5 Å². The zero-order valence-corrected chi connectivity index (χ0v) is 14.5. The van der Waals surface area contributed by atoms with Crippen molar-refractivity contribution in [3.8, 4) is 5.75 Å². The van der Waals surface area contributed by atoms with Crippen LogP contribution in [-0.2, 0) is 11.3 Å². The second-order valence-corrected chi connectivity index (χ2v) is 6.87. The summed E-state index contributed by atoms with van der Waals surface area (Å²) in [6, 6.07) is 14.4. The molecule has 0 N–H and O–H groups in total. The molecule has 1 saturated heterocycles. The highest BCUT2D eigenvalue weighted by Crippen LogP contribution is 2.51. The number of ether oxygens (including phenoxy) is 1. The molecule has 0 radical (unpaired) electrons. The molecular weight excluding hydrogens is 361 g/mol. The number of aryl methyl sites for hydroxylation is 1. The van der Waals surface area contributed by atoms with Crippen molar-refractivity contribution in [2.75, 3.05) is 7.11 Å². The van der Waals surface area contributed by atoms with Gasteiger partial charge >= 0.3 is 0 Å². The summed E-state index contributed by atoms with van der Waals surface area (Å²) in [5, 5.41) is 0. The van der Waals surface area contributed by atoms with Gasteiger partial charge in [-0.2, -0.15) is 0 Å². The number of β-lactam (4-membered cyclic amide) rings is 1. The summed E-state index contributed by atoms with van der Waals surface area (Å²) in [5.74, 6) is 0.206. The van der Waals surface area contributed by atoms with Gasteiger partial charge in [-0.05, 0) is 46.1 Å². The Morgan fingerprint density at radius 1 is 1.17 bits per heavy atom. The van der Waals surface area contributed by atoms with Gasteiger partial charge in [-0.15, -0.1) is 0 Å². The van der Waals surface area contributed by atoms with E-state index >= 15 is 0 Å². The van der Waals surface area contributed by atoms with Crippen LogP contribution in [0, 0.1) is 6.92 Å². The average Bonchev–Trinajstić information content (AvgIpc) is 2.56. The van der Waals surface area contributed by atoms with Gasteiger partial charge in [0.25, 0.3) is 10.5 Å². The lowest BCUT2D eigenvalue weighted by molar-refractivity contribution is -0.164. The molecule has 23 heavy (non-hydrogen) atoms. The number of likely N-dealkylation sites (tertiary alicyclic amines) is 1. The van der Waals surface area contributed by atoms with Gasteiger partial charge in [-0.25, -0.2) is 4.39 Å². The highest BCUT2D eigenvalue weighted by atomic mass is 79.9. The van der Waals surface area contributed by atoms with Crippen molar-refractivity contribution < 1.29 is 13.9 Å². The van der Waals surface area contributed by atoms with Gasteiger partial charge in [-0.3, -0.25) is 4.79 Å². The van der Waals surface area contributed by atoms with Crippen molar-refractivity contribution in [1.82, 2.24) is 4.90 Å². The van der Waals surface area contributed by atoms with Gasteiger partial charge < -0.3 is 9.64 Å². The molecule has 0 aliphatic carbocycles. The number of carbonyl (C=O) groups excluding carboxylic acids is 1. The van der Waals surface area contributed by atoms with E-state index in [-0.39, 0.29) is 0 Å². The van der Waals surface area contributed by atoms with Gasteiger partial charge in [-0.1, -0.05) is 42.0 Å². The van der Waals surface area contributed by atoms with Crippen LogP contribution in [-0.4, -0.2) is 22.5 Å². The summed E-state index contributed by atoms with van der Waals surface area (Å²) in [5.41, 5.74) is 2.81. The van der Waals surface area contributed by atoms with Gasteiger partial charge in [0.2, 0.25) is 0 Å². The van der Waals surface area contributed by atoms with E-state index in [1.54, 1.807) is 12.0 Å². The molecule has 0 spiro atoms. The normalized spacial score (nSPS) is 23.6. The number of nitrogens with zero attached hydrogens (tertiary/aromatic N) is 1. The third kappa shape index (κ3) is 2.85. The molecule has 0 aromatic heterocycles. The van der Waals surface area contributed by atoms with Gasteiger partial charge in [0.1, 0.15) is 11.8 Å². The molecule has 3 nitrogen and oxygen atoms in total. The molecule has 0 bridgehead atoms. The van der Waals surface area contributed by atoms with Crippen molar-refractivity contribution in [1.29, 1.82) is 0 Å². The van der Waals surface area contributed by atoms with Crippen LogP contribution in [0.4, 0.5) is 4.39 Å². The van der Waals surface area contributed by atoms with E-state index in [4.69, 9.17) is 4.74 Å². The first kappa shape index (κ1) is 16.0. The quantitative estimate of drug-likeness (QED) is 0.591. The molecule has 1 aliphatic rings. The molecule has 1 heterocycles. The van der Waals surface area contributed by atoms with E-state index in [2.05, 4.69) is 15.9 Å². The smallest absolute Gasteiger partial charge is 0.274 e. The first-order valence-electron chi connectivity index (χ1n) is 7.32. The highest BCUT2D eigenvalue weighted by Gasteiger charge is 2.61. The lowest BCUT2D eigenvalue weighted by atomic mass is 9.90. The van der Waals surface area contributed by atoms with Crippen molar-refractivity contribution in [2.24, 2.45) is 0 Å². The molecular formula is C18H17BrFNO2. The van der Waals surface area contributed by atoms with Crippen LogP contribution < -0.4 is 4.74 Å². The zero-order valence-electron chi connectivity index (χ0n) is 12.9. The lowest BCUT2D eigenvalue weighted by Gasteiger charge is -2.48. The fraction of sp³-hybridized carbons (Fsp3) is 0.278. The van der Waals surface area contributed by atoms with Crippen LogP contribution in [0.5, 0.6) is 5.75 Å². The number of benzene rings is 2. The van der Waals surface area contributed by atoms with E-state index in [0.717, 1.165) is 22.4 Å². The first-order chi connectivity index (χ1) is 10.9. The van der Waals surface area contributed by atoms with E-state index < -0.39 is 16.5 Å². The fourth-order valence-corrected chi connectivity index (χ4v) is 3.52. The predicted molar refractivity (Wildman–Crippen MR) is 90.2 cm³/mol. The maximum Gasteiger partial charge on any atom is 0.274 e. The van der Waals surface area contributed by atoms with Crippen molar-refractivity contribution in [3.05, 3.63) is 65.2 Å². The summed E-state index contributed by atoms with van der Waals surface area (Å²) < 4.78 is 17.7. The van der Waals surface area contributed by atoms with E-state index in [1.807, 2.05) is 55.5 Å². The van der Waals surface area contributed by atoms with Crippen molar-refractivity contribution in [3.63, 3.8) is 0 Å². The molecule has 1 amide bonds. The molecule has 3 rings (SSSR count). The maximum atomic E-state index is 14.6. The number of methoxy groups -OCH3 is 1. The van der Waals surface area contributed by atoms with Gasteiger partial charge in [0, 0.05) is 6.54 Å². The summed E-state index contributed by atoms with van der Waals surface area (Å²) in [6.45, 7) is 2.33. The van der Waals surface area contributed by atoms with Crippen molar-refractivity contribution >= 4 is 21.8 Å². The van der Waals surface area contributed by atoms with Gasteiger partial charge in [0.05, 0.1) is 7.11 Å². The molecule has 2 atom stereocenters. The van der Waals surface area contributed by atoms with E-state index in [0.29, 0.717) is 6.54 Å². The lowest BCUT2D eigenvalue weighted by Crippen LogP contribution is -2.62. The minimum absolute atomic E-state index is 0.360. The number of hydrogen-bond donors (Lipinski definition) is 0. The molecule has 1 fully saturated rings. The zero-order chi connectivity index (χ0) is 16.6. The molecule has 0 saturated carbocycles. The van der Waals surface area contributed by atoms with Crippen LogP contribution in [0.3, 0.4) is 0 Å². The Bertz CT molecular complexity index is 713. The van der Waals surface area contributed by atoms with Crippen LogP contribution in [0.1, 0.15) is 22.7 Å². The monoisotopic (exact) mass is 377 g/mol. The predicted octanol–water partition coefficient (Wildman–Crippen LogP) is 4.15. The third-order valence-corrected chi connectivity index (χ3v) is 4.88. The Morgan fingerprint density at radius 3 is 2.35 bits per heavy atom. The summed E-state index contributed by atoms with van der Waals surface area (Å²) >= 11 is 2.95. The largest absolute Gasteiger partial charge is 0.497 e. The second kappa shape index (κ2) is 5.96. The van der Waals surface area contributed by atoms with Gasteiger partial charge in [0.15, 0.2) is 0 Å².